The summed E-state index contributed by atoms with van der Waals surface area (Å²) in [5.74, 6) is -1.40. The van der Waals surface area contributed by atoms with E-state index in [0.29, 0.717) is 16.3 Å². The number of hydrogen-bond donors (Lipinski definition) is 2. The maximum Gasteiger partial charge on any atom is 0.283 e. The fraction of sp³-hybridized carbons (Fsp3) is 0.115. The zero-order valence-corrected chi connectivity index (χ0v) is 21.0. The van der Waals surface area contributed by atoms with Gasteiger partial charge in [-0.05, 0) is 60.0 Å². The van der Waals surface area contributed by atoms with Crippen molar-refractivity contribution in [2.75, 3.05) is 15.5 Å². The zero-order chi connectivity index (χ0) is 25.3. The molecule has 6 nitrogen and oxygen atoms in total. The molecular weight excluding hydrogens is 509 g/mol. The summed E-state index contributed by atoms with van der Waals surface area (Å²) in [6.45, 7) is 4.11. The van der Waals surface area contributed by atoms with Gasteiger partial charge >= 0.3 is 0 Å². The highest BCUT2D eigenvalue weighted by atomic mass is 35.5. The number of nitrogens with zero attached hydrogens (tertiary/aromatic N) is 1. The number of carbonyl (C=O) groups excluding carboxylic acids is 3. The molecule has 0 saturated heterocycles. The van der Waals surface area contributed by atoms with Gasteiger partial charge in [0.15, 0.2) is 0 Å². The molecule has 4 rings (SSSR count). The van der Waals surface area contributed by atoms with E-state index in [-0.39, 0.29) is 33.3 Å². The van der Waals surface area contributed by atoms with Gasteiger partial charge in [0.25, 0.3) is 17.7 Å². The van der Waals surface area contributed by atoms with E-state index >= 15 is 0 Å². The maximum absolute atomic E-state index is 13.0. The Hall–Kier alpha value is -3.32. The highest BCUT2D eigenvalue weighted by Crippen LogP contribution is 2.36. The van der Waals surface area contributed by atoms with Crippen LogP contribution in [0, 0.1) is 0 Å². The van der Waals surface area contributed by atoms with Gasteiger partial charge in [0.2, 0.25) is 0 Å². The predicted molar refractivity (Wildman–Crippen MR) is 140 cm³/mol. The molecule has 0 bridgehead atoms. The Bertz CT molecular complexity index is 1370. The number of rotatable bonds is 6. The molecule has 1 aliphatic rings. The molecule has 2 N–H and O–H groups in total. The van der Waals surface area contributed by atoms with E-state index in [1.54, 1.807) is 30.3 Å². The molecule has 0 saturated carbocycles. The van der Waals surface area contributed by atoms with Gasteiger partial charge in [-0.25, -0.2) is 4.90 Å². The number of anilines is 3. The van der Waals surface area contributed by atoms with Crippen molar-refractivity contribution < 1.29 is 14.4 Å². The molecule has 0 unspecified atom stereocenters. The summed E-state index contributed by atoms with van der Waals surface area (Å²) in [6.07, 6.45) is 0. The first-order valence-electron chi connectivity index (χ1n) is 10.7. The molecule has 1 aliphatic heterocycles. The number of benzene rings is 3. The number of imide groups is 1. The van der Waals surface area contributed by atoms with Crippen molar-refractivity contribution in [3.05, 3.63) is 98.6 Å². The van der Waals surface area contributed by atoms with Crippen LogP contribution >= 0.6 is 34.8 Å². The van der Waals surface area contributed by atoms with Crippen molar-refractivity contribution in [2.45, 2.75) is 19.8 Å². The number of amides is 3. The van der Waals surface area contributed by atoms with Gasteiger partial charge in [0.1, 0.15) is 10.7 Å². The van der Waals surface area contributed by atoms with E-state index in [0.717, 1.165) is 16.2 Å². The normalized spacial score (nSPS) is 13.6. The highest BCUT2D eigenvalue weighted by Gasteiger charge is 2.40. The van der Waals surface area contributed by atoms with Crippen LogP contribution < -0.4 is 15.5 Å². The molecular formula is C26H20Cl3N3O3. The molecule has 178 valence electrons. The topological polar surface area (TPSA) is 78.5 Å². The average Bonchev–Trinajstić information content (AvgIpc) is 3.04. The van der Waals surface area contributed by atoms with E-state index in [1.165, 1.54) is 12.1 Å². The fourth-order valence-electron chi connectivity index (χ4n) is 3.65. The van der Waals surface area contributed by atoms with Gasteiger partial charge in [-0.3, -0.25) is 14.4 Å². The SMILES string of the molecule is CC(C)c1ccccc1NC(=O)c1ccc(NC2=C(Cl)C(=O)N(c3cc(Cl)ccc3Cl)C2=O)cc1. The lowest BCUT2D eigenvalue weighted by Crippen LogP contribution is -2.32. The molecule has 3 aromatic carbocycles. The lowest BCUT2D eigenvalue weighted by atomic mass is 10.0. The second kappa shape index (κ2) is 10.1. The summed E-state index contributed by atoms with van der Waals surface area (Å²) in [6, 6.07) is 18.5. The summed E-state index contributed by atoms with van der Waals surface area (Å²) < 4.78 is 0. The third-order valence-electron chi connectivity index (χ3n) is 5.42. The minimum Gasteiger partial charge on any atom is -0.350 e. The molecule has 0 atom stereocenters. The standard InChI is InChI=1S/C26H20Cl3N3O3/c1-14(2)18-5-3-4-6-20(18)31-24(33)15-7-10-17(11-8-15)30-23-22(29)25(34)32(26(23)35)21-13-16(27)9-12-19(21)28/h3-14,30H,1-2H3,(H,31,33). The van der Waals surface area contributed by atoms with Crippen LogP contribution in [-0.2, 0) is 9.59 Å². The summed E-state index contributed by atoms with van der Waals surface area (Å²) in [4.78, 5) is 39.3. The number of halogens is 3. The fourth-order valence-corrected chi connectivity index (χ4v) is 4.23. The number of carbonyl (C=O) groups is 3. The van der Waals surface area contributed by atoms with E-state index in [2.05, 4.69) is 24.5 Å². The smallest absolute Gasteiger partial charge is 0.283 e. The van der Waals surface area contributed by atoms with Crippen molar-refractivity contribution in [3.63, 3.8) is 0 Å². The highest BCUT2D eigenvalue weighted by molar-refractivity contribution is 6.54. The molecule has 3 aromatic rings. The van der Waals surface area contributed by atoms with Crippen molar-refractivity contribution >= 4 is 69.6 Å². The molecule has 3 amide bonds. The van der Waals surface area contributed by atoms with Crippen LogP contribution in [0.2, 0.25) is 10.0 Å². The first-order valence-corrected chi connectivity index (χ1v) is 11.8. The zero-order valence-electron chi connectivity index (χ0n) is 18.7. The third-order valence-corrected chi connectivity index (χ3v) is 6.33. The second-order valence-electron chi connectivity index (χ2n) is 8.13. The van der Waals surface area contributed by atoms with Crippen LogP contribution in [0.3, 0.4) is 0 Å². The number of hydrogen-bond acceptors (Lipinski definition) is 4. The summed E-state index contributed by atoms with van der Waals surface area (Å²) in [5, 5.41) is 6.02. The Kier molecular flexibility index (Phi) is 7.17. The van der Waals surface area contributed by atoms with E-state index in [4.69, 9.17) is 34.8 Å². The van der Waals surface area contributed by atoms with Crippen molar-refractivity contribution in [2.24, 2.45) is 0 Å². The number of nitrogens with one attached hydrogen (secondary N) is 2. The molecule has 1 heterocycles. The Labute approximate surface area is 217 Å². The van der Waals surface area contributed by atoms with Gasteiger partial charge in [0, 0.05) is 22.0 Å². The third kappa shape index (κ3) is 5.05. The lowest BCUT2D eigenvalue weighted by Gasteiger charge is -2.17. The van der Waals surface area contributed by atoms with Crippen LogP contribution in [0.25, 0.3) is 0 Å². The van der Waals surface area contributed by atoms with Gasteiger partial charge < -0.3 is 10.6 Å². The van der Waals surface area contributed by atoms with Crippen LogP contribution in [0.5, 0.6) is 0 Å². The van der Waals surface area contributed by atoms with Gasteiger partial charge in [-0.15, -0.1) is 0 Å². The van der Waals surface area contributed by atoms with E-state index in [1.807, 2.05) is 24.3 Å². The average molecular weight is 529 g/mol. The first-order chi connectivity index (χ1) is 16.7. The van der Waals surface area contributed by atoms with Crippen LogP contribution in [-0.4, -0.2) is 17.7 Å². The quantitative estimate of drug-likeness (QED) is 0.345. The molecule has 35 heavy (non-hydrogen) atoms. The van der Waals surface area contributed by atoms with Crippen molar-refractivity contribution in [1.82, 2.24) is 0 Å². The Morgan fingerprint density at radius 2 is 1.57 bits per heavy atom. The molecule has 0 fully saturated rings. The molecule has 0 radical (unpaired) electrons. The van der Waals surface area contributed by atoms with Gasteiger partial charge in [-0.2, -0.15) is 0 Å². The van der Waals surface area contributed by atoms with Gasteiger partial charge in [-0.1, -0.05) is 66.8 Å². The van der Waals surface area contributed by atoms with Crippen LogP contribution in [0.1, 0.15) is 35.7 Å². The van der Waals surface area contributed by atoms with E-state index < -0.39 is 11.8 Å². The van der Waals surface area contributed by atoms with E-state index in [9.17, 15) is 14.4 Å². The van der Waals surface area contributed by atoms with Crippen LogP contribution in [0.4, 0.5) is 17.1 Å². The van der Waals surface area contributed by atoms with Gasteiger partial charge in [0.05, 0.1) is 10.7 Å². The molecule has 9 heteroatoms. The minimum atomic E-state index is -0.719. The molecule has 0 spiro atoms. The summed E-state index contributed by atoms with van der Waals surface area (Å²) in [5.41, 5.74) is 2.72. The van der Waals surface area contributed by atoms with Crippen molar-refractivity contribution in [1.29, 1.82) is 0 Å². The maximum atomic E-state index is 13.0. The Balaban J connectivity index is 1.51. The monoisotopic (exact) mass is 527 g/mol. The first kappa shape index (κ1) is 24.8. The predicted octanol–water partition coefficient (Wildman–Crippen LogP) is 6.80. The van der Waals surface area contributed by atoms with Crippen molar-refractivity contribution in [3.8, 4) is 0 Å². The minimum absolute atomic E-state index is 0.101. The molecule has 0 aliphatic carbocycles. The number of para-hydroxylation sites is 1. The lowest BCUT2D eigenvalue weighted by molar-refractivity contribution is -0.120. The Morgan fingerprint density at radius 1 is 0.886 bits per heavy atom. The second-order valence-corrected chi connectivity index (χ2v) is 9.35. The van der Waals surface area contributed by atoms with Crippen LogP contribution in [0.15, 0.2) is 77.5 Å². The summed E-state index contributed by atoms with van der Waals surface area (Å²) in [7, 11) is 0. The summed E-state index contributed by atoms with van der Waals surface area (Å²) >= 11 is 18.4. The Morgan fingerprint density at radius 3 is 2.26 bits per heavy atom. The molecule has 0 aromatic heterocycles. The largest absolute Gasteiger partial charge is 0.350 e.